The highest BCUT2D eigenvalue weighted by atomic mass is 32.2. The normalized spacial score (nSPS) is 27.7. The van der Waals surface area contributed by atoms with Crippen LogP contribution in [0.25, 0.3) is 0 Å². The van der Waals surface area contributed by atoms with Crippen molar-refractivity contribution in [2.75, 3.05) is 0 Å². The molecule has 9 heteroatoms. The molecule has 0 unspecified atom stereocenters. The quantitative estimate of drug-likeness (QED) is 0.527. The second-order valence-electron chi connectivity index (χ2n) is 5.04. The van der Waals surface area contributed by atoms with Crippen LogP contribution >= 0.6 is 11.8 Å². The van der Waals surface area contributed by atoms with Crippen LogP contribution in [0.2, 0.25) is 0 Å². The number of hydrogen-bond acceptors (Lipinski definition) is 9. The number of thioether (sulfide) groups is 1. The minimum absolute atomic E-state index is 0.500. The summed E-state index contributed by atoms with van der Waals surface area (Å²) in [5.41, 5.74) is -0.858. The minimum atomic E-state index is -0.978. The Kier molecular flexibility index (Phi) is 6.86. The first-order chi connectivity index (χ1) is 10.6. The van der Waals surface area contributed by atoms with E-state index in [1.54, 1.807) is 6.92 Å². The van der Waals surface area contributed by atoms with Gasteiger partial charge in [0.2, 0.25) is 0 Å². The van der Waals surface area contributed by atoms with Crippen LogP contribution in [0.15, 0.2) is 0 Å². The molecule has 0 spiro atoms. The molecule has 0 bridgehead atoms. The Balaban J connectivity index is 3.06. The zero-order chi connectivity index (χ0) is 17.7. The number of rotatable bonds is 5. The van der Waals surface area contributed by atoms with E-state index in [4.69, 9.17) is 18.9 Å². The SMILES string of the molecule is CC(=O)O[C@@H]1[C@@H](OC(C)=O)[C@@H](OC(C)=O)S[C@H]1[C@@H](C)OC(C)=O. The lowest BCUT2D eigenvalue weighted by atomic mass is 10.1. The van der Waals surface area contributed by atoms with Crippen molar-refractivity contribution in [3.05, 3.63) is 0 Å². The zero-order valence-corrected chi connectivity index (χ0v) is 14.4. The summed E-state index contributed by atoms with van der Waals surface area (Å²) in [6.45, 7) is 6.50. The number of esters is 4. The molecule has 23 heavy (non-hydrogen) atoms. The Morgan fingerprint density at radius 3 is 1.70 bits per heavy atom. The standard InChI is InChI=1S/C14H20O8S/c1-6(19-7(2)15)13-11(20-8(3)16)12(21-9(4)17)14(23-13)22-10(5)18/h6,11-14H,1-5H3/t6-,11-,12-,13+,14+/m1/s1. The maximum Gasteiger partial charge on any atom is 0.303 e. The Bertz CT molecular complexity index is 491. The Morgan fingerprint density at radius 1 is 0.783 bits per heavy atom. The first-order valence-corrected chi connectivity index (χ1v) is 7.90. The molecule has 0 aromatic carbocycles. The summed E-state index contributed by atoms with van der Waals surface area (Å²) in [4.78, 5) is 45.1. The van der Waals surface area contributed by atoms with Gasteiger partial charge in [0.05, 0.1) is 5.25 Å². The highest BCUT2D eigenvalue weighted by Gasteiger charge is 2.53. The van der Waals surface area contributed by atoms with Crippen molar-refractivity contribution < 1.29 is 38.1 Å². The van der Waals surface area contributed by atoms with Crippen molar-refractivity contribution in [1.29, 1.82) is 0 Å². The first-order valence-electron chi connectivity index (χ1n) is 6.96. The molecule has 0 saturated carbocycles. The number of carbonyl (C=O) groups is 4. The van der Waals surface area contributed by atoms with Crippen LogP contribution in [0.1, 0.15) is 34.6 Å². The fourth-order valence-corrected chi connectivity index (χ4v) is 3.76. The van der Waals surface area contributed by atoms with Gasteiger partial charge in [0.1, 0.15) is 6.10 Å². The van der Waals surface area contributed by atoms with E-state index in [0.29, 0.717) is 0 Å². The van der Waals surface area contributed by atoms with Gasteiger partial charge in [-0.25, -0.2) is 0 Å². The van der Waals surface area contributed by atoms with Gasteiger partial charge in [0, 0.05) is 27.7 Å². The van der Waals surface area contributed by atoms with Crippen molar-refractivity contribution in [1.82, 2.24) is 0 Å². The van der Waals surface area contributed by atoms with Crippen LogP contribution in [0, 0.1) is 0 Å². The van der Waals surface area contributed by atoms with Gasteiger partial charge >= 0.3 is 23.9 Å². The van der Waals surface area contributed by atoms with Crippen LogP contribution < -0.4 is 0 Å². The monoisotopic (exact) mass is 348 g/mol. The third-order valence-electron chi connectivity index (χ3n) is 2.91. The highest BCUT2D eigenvalue weighted by molar-refractivity contribution is 8.00. The molecular formula is C14H20O8S. The molecule has 8 nitrogen and oxygen atoms in total. The van der Waals surface area contributed by atoms with Gasteiger partial charge < -0.3 is 18.9 Å². The molecule has 1 rings (SSSR count). The lowest BCUT2D eigenvalue weighted by Crippen LogP contribution is -2.44. The molecule has 1 aliphatic heterocycles. The Labute approximate surface area is 138 Å². The molecule has 0 N–H and O–H groups in total. The van der Waals surface area contributed by atoms with Crippen LogP contribution in [0.3, 0.4) is 0 Å². The predicted molar refractivity (Wildman–Crippen MR) is 79.3 cm³/mol. The van der Waals surface area contributed by atoms with Gasteiger partial charge in [0.25, 0.3) is 0 Å². The maximum atomic E-state index is 11.4. The molecule has 0 aromatic rings. The van der Waals surface area contributed by atoms with E-state index in [1.165, 1.54) is 27.7 Å². The summed E-state index contributed by atoms with van der Waals surface area (Å²) < 4.78 is 20.7. The molecular weight excluding hydrogens is 328 g/mol. The summed E-state index contributed by atoms with van der Waals surface area (Å²) in [5, 5.41) is -0.545. The number of carbonyl (C=O) groups excluding carboxylic acids is 4. The molecule has 1 fully saturated rings. The van der Waals surface area contributed by atoms with Gasteiger partial charge in [-0.05, 0) is 6.92 Å². The van der Waals surface area contributed by atoms with Crippen molar-refractivity contribution >= 4 is 35.6 Å². The average molecular weight is 348 g/mol. The maximum absolute atomic E-state index is 11.4. The molecule has 130 valence electrons. The third-order valence-corrected chi connectivity index (χ3v) is 4.51. The van der Waals surface area contributed by atoms with E-state index in [1.807, 2.05) is 0 Å². The average Bonchev–Trinajstić information content (AvgIpc) is 2.65. The Hall–Kier alpha value is -1.77. The van der Waals surface area contributed by atoms with Crippen LogP contribution in [0.5, 0.6) is 0 Å². The number of ether oxygens (including phenoxy) is 4. The highest BCUT2D eigenvalue weighted by Crippen LogP contribution is 2.41. The molecule has 1 saturated heterocycles. The van der Waals surface area contributed by atoms with E-state index >= 15 is 0 Å². The number of hydrogen-bond donors (Lipinski definition) is 0. The van der Waals surface area contributed by atoms with Crippen molar-refractivity contribution in [3.8, 4) is 0 Å². The van der Waals surface area contributed by atoms with Gasteiger partial charge in [-0.3, -0.25) is 19.2 Å². The topological polar surface area (TPSA) is 105 Å². The molecule has 1 aliphatic rings. The van der Waals surface area contributed by atoms with Crippen LogP contribution in [-0.4, -0.2) is 52.9 Å². The lowest BCUT2D eigenvalue weighted by Gasteiger charge is -2.26. The summed E-state index contributed by atoms with van der Waals surface area (Å²) >= 11 is 1.11. The second-order valence-corrected chi connectivity index (χ2v) is 6.32. The van der Waals surface area contributed by atoms with Crippen LogP contribution in [0.4, 0.5) is 0 Å². The van der Waals surface area contributed by atoms with Crippen LogP contribution in [-0.2, 0) is 38.1 Å². The van der Waals surface area contributed by atoms with E-state index in [2.05, 4.69) is 0 Å². The molecule has 0 aliphatic carbocycles. The van der Waals surface area contributed by atoms with E-state index in [-0.39, 0.29) is 0 Å². The molecule has 0 radical (unpaired) electrons. The summed E-state index contributed by atoms with van der Waals surface area (Å²) in [6, 6.07) is 0. The van der Waals surface area contributed by atoms with Crippen molar-refractivity contribution in [3.63, 3.8) is 0 Å². The molecule has 0 aromatic heterocycles. The largest absolute Gasteiger partial charge is 0.462 e. The predicted octanol–water partition coefficient (Wildman–Crippen LogP) is 0.806. The third kappa shape index (κ3) is 5.74. The second kappa shape index (κ2) is 8.19. The van der Waals surface area contributed by atoms with Crippen molar-refractivity contribution in [2.45, 2.75) is 63.6 Å². The van der Waals surface area contributed by atoms with E-state index in [9.17, 15) is 19.2 Å². The van der Waals surface area contributed by atoms with Gasteiger partial charge in [-0.1, -0.05) is 0 Å². The van der Waals surface area contributed by atoms with Crippen molar-refractivity contribution in [2.24, 2.45) is 0 Å². The van der Waals surface area contributed by atoms with E-state index < -0.39 is 52.9 Å². The fraction of sp³-hybridized carbons (Fsp3) is 0.714. The molecule has 1 heterocycles. The van der Waals surface area contributed by atoms with Gasteiger partial charge in [-0.2, -0.15) is 0 Å². The summed E-state index contributed by atoms with van der Waals surface area (Å²) in [6.07, 6.45) is -2.52. The smallest absolute Gasteiger partial charge is 0.303 e. The zero-order valence-electron chi connectivity index (χ0n) is 13.6. The van der Waals surface area contributed by atoms with E-state index in [0.717, 1.165) is 11.8 Å². The lowest BCUT2D eigenvalue weighted by molar-refractivity contribution is -0.175. The summed E-state index contributed by atoms with van der Waals surface area (Å²) in [7, 11) is 0. The summed E-state index contributed by atoms with van der Waals surface area (Å²) in [5.74, 6) is -2.26. The molecule has 5 atom stereocenters. The van der Waals surface area contributed by atoms with Gasteiger partial charge in [0.15, 0.2) is 17.6 Å². The Morgan fingerprint density at radius 2 is 1.26 bits per heavy atom. The molecule has 0 amide bonds. The minimum Gasteiger partial charge on any atom is -0.462 e. The fourth-order valence-electron chi connectivity index (χ4n) is 2.26. The van der Waals surface area contributed by atoms with Gasteiger partial charge in [-0.15, -0.1) is 11.8 Å². The first kappa shape index (κ1) is 19.3.